The highest BCUT2D eigenvalue weighted by molar-refractivity contribution is 5.94. The summed E-state index contributed by atoms with van der Waals surface area (Å²) in [6, 6.07) is 12.7. The predicted octanol–water partition coefficient (Wildman–Crippen LogP) is 3.72. The molecular formula is C23H25N3O3. The third kappa shape index (κ3) is 2.99. The second kappa shape index (κ2) is 7.19. The largest absolute Gasteiger partial charge is 0.493 e. The van der Waals surface area contributed by atoms with Gasteiger partial charge in [-0.05, 0) is 42.5 Å². The number of benzene rings is 2. The van der Waals surface area contributed by atoms with Gasteiger partial charge in [0.05, 0.1) is 32.6 Å². The molecule has 2 aromatic carbocycles. The molecule has 2 aliphatic heterocycles. The Morgan fingerprint density at radius 1 is 1.03 bits per heavy atom. The number of methoxy groups -OCH3 is 2. The normalized spacial score (nSPS) is 17.9. The average molecular weight is 391 g/mol. The summed E-state index contributed by atoms with van der Waals surface area (Å²) in [7, 11) is 3.30. The molecule has 0 atom stereocenters. The molecule has 0 radical (unpaired) electrons. The summed E-state index contributed by atoms with van der Waals surface area (Å²) >= 11 is 0. The van der Waals surface area contributed by atoms with Crippen LogP contribution in [0.5, 0.6) is 11.5 Å². The Kier molecular flexibility index (Phi) is 4.51. The molecule has 0 unspecified atom stereocenters. The van der Waals surface area contributed by atoms with Gasteiger partial charge in [0.1, 0.15) is 0 Å². The maximum atomic E-state index is 6.37. The highest BCUT2D eigenvalue weighted by atomic mass is 16.5. The molecule has 1 saturated heterocycles. The number of rotatable bonds is 3. The monoisotopic (exact) mass is 391 g/mol. The van der Waals surface area contributed by atoms with E-state index in [9.17, 15) is 0 Å². The van der Waals surface area contributed by atoms with Crippen LogP contribution in [0.4, 0.5) is 5.82 Å². The van der Waals surface area contributed by atoms with Crippen molar-refractivity contribution in [2.24, 2.45) is 0 Å². The number of piperidine rings is 1. The van der Waals surface area contributed by atoms with Crippen molar-refractivity contribution in [1.29, 1.82) is 0 Å². The zero-order valence-electron chi connectivity index (χ0n) is 16.9. The van der Waals surface area contributed by atoms with E-state index >= 15 is 0 Å². The molecule has 2 aliphatic rings. The SMILES string of the molecule is COc1cc2cnnc(N3CCC4(CC3)OCCc3ccccc34)c2cc1OC. The van der Waals surface area contributed by atoms with E-state index in [4.69, 9.17) is 14.2 Å². The molecule has 0 N–H and O–H groups in total. The van der Waals surface area contributed by atoms with Crippen LogP contribution in [0.2, 0.25) is 0 Å². The molecule has 0 amide bonds. The first-order chi connectivity index (χ1) is 14.2. The van der Waals surface area contributed by atoms with Gasteiger partial charge in [0, 0.05) is 23.9 Å². The summed E-state index contributed by atoms with van der Waals surface area (Å²) in [6.07, 6.45) is 4.65. The number of hydrogen-bond acceptors (Lipinski definition) is 6. The van der Waals surface area contributed by atoms with Crippen LogP contribution in [0.25, 0.3) is 10.8 Å². The Bertz CT molecular complexity index is 1040. The number of fused-ring (bicyclic) bond motifs is 3. The molecule has 1 aromatic heterocycles. The minimum atomic E-state index is -0.176. The van der Waals surface area contributed by atoms with Crippen LogP contribution in [0.15, 0.2) is 42.6 Å². The van der Waals surface area contributed by atoms with Gasteiger partial charge in [-0.25, -0.2) is 0 Å². The molecular weight excluding hydrogens is 366 g/mol. The van der Waals surface area contributed by atoms with E-state index in [-0.39, 0.29) is 5.60 Å². The molecule has 6 heteroatoms. The highest BCUT2D eigenvalue weighted by Crippen LogP contribution is 2.43. The molecule has 0 bridgehead atoms. The molecule has 3 aromatic rings. The number of nitrogens with zero attached hydrogens (tertiary/aromatic N) is 3. The lowest BCUT2D eigenvalue weighted by Gasteiger charge is -2.45. The summed E-state index contributed by atoms with van der Waals surface area (Å²) < 4.78 is 17.3. The molecule has 1 spiro atoms. The van der Waals surface area contributed by atoms with Gasteiger partial charge in [-0.15, -0.1) is 5.10 Å². The van der Waals surface area contributed by atoms with Crippen molar-refractivity contribution in [1.82, 2.24) is 10.2 Å². The molecule has 150 valence electrons. The molecule has 29 heavy (non-hydrogen) atoms. The summed E-state index contributed by atoms with van der Waals surface area (Å²) in [6.45, 7) is 2.54. The second-order valence-electron chi connectivity index (χ2n) is 7.70. The van der Waals surface area contributed by atoms with E-state index in [1.54, 1.807) is 20.4 Å². The number of anilines is 1. The molecule has 0 aliphatic carbocycles. The first kappa shape index (κ1) is 18.2. The first-order valence-electron chi connectivity index (χ1n) is 10.1. The zero-order chi connectivity index (χ0) is 19.8. The fourth-order valence-corrected chi connectivity index (χ4v) is 4.74. The molecule has 0 saturated carbocycles. The van der Waals surface area contributed by atoms with Gasteiger partial charge in [0.25, 0.3) is 0 Å². The van der Waals surface area contributed by atoms with E-state index in [0.717, 1.165) is 55.5 Å². The fraction of sp³-hybridized carbons (Fsp3) is 0.391. The van der Waals surface area contributed by atoms with Gasteiger partial charge >= 0.3 is 0 Å². The Hall–Kier alpha value is -2.86. The van der Waals surface area contributed by atoms with Crippen molar-refractivity contribution in [3.05, 3.63) is 53.7 Å². The third-order valence-electron chi connectivity index (χ3n) is 6.27. The van der Waals surface area contributed by atoms with E-state index < -0.39 is 0 Å². The second-order valence-corrected chi connectivity index (χ2v) is 7.70. The minimum Gasteiger partial charge on any atom is -0.493 e. The van der Waals surface area contributed by atoms with Gasteiger partial charge in [0.15, 0.2) is 17.3 Å². The minimum absolute atomic E-state index is 0.176. The van der Waals surface area contributed by atoms with Gasteiger partial charge in [0.2, 0.25) is 0 Å². The van der Waals surface area contributed by atoms with Crippen LogP contribution in [0, 0.1) is 0 Å². The van der Waals surface area contributed by atoms with Gasteiger partial charge in [-0.3, -0.25) is 0 Å². The lowest BCUT2D eigenvalue weighted by Crippen LogP contribution is -2.47. The fourth-order valence-electron chi connectivity index (χ4n) is 4.74. The van der Waals surface area contributed by atoms with Crippen molar-refractivity contribution in [2.45, 2.75) is 24.9 Å². The Balaban J connectivity index is 1.47. The maximum Gasteiger partial charge on any atom is 0.161 e. The van der Waals surface area contributed by atoms with Crippen molar-refractivity contribution < 1.29 is 14.2 Å². The third-order valence-corrected chi connectivity index (χ3v) is 6.27. The predicted molar refractivity (Wildman–Crippen MR) is 112 cm³/mol. The Morgan fingerprint density at radius 2 is 1.79 bits per heavy atom. The quantitative estimate of drug-likeness (QED) is 0.678. The van der Waals surface area contributed by atoms with Crippen LogP contribution in [-0.2, 0) is 16.8 Å². The number of hydrogen-bond donors (Lipinski definition) is 0. The Morgan fingerprint density at radius 3 is 2.59 bits per heavy atom. The van der Waals surface area contributed by atoms with Crippen LogP contribution >= 0.6 is 0 Å². The standard InChI is InChI=1S/C23H25N3O3/c1-27-20-13-17-15-24-25-22(18(17)14-21(20)28-2)26-10-8-23(9-11-26)19-6-4-3-5-16(19)7-12-29-23/h3-6,13-15H,7-12H2,1-2H3. The molecule has 5 rings (SSSR count). The number of aromatic nitrogens is 2. The van der Waals surface area contributed by atoms with Crippen LogP contribution < -0.4 is 14.4 Å². The van der Waals surface area contributed by atoms with E-state index in [0.29, 0.717) is 11.5 Å². The molecule has 3 heterocycles. The van der Waals surface area contributed by atoms with E-state index in [1.165, 1.54) is 11.1 Å². The molecule has 1 fully saturated rings. The maximum absolute atomic E-state index is 6.37. The van der Waals surface area contributed by atoms with Crippen molar-refractivity contribution in [2.75, 3.05) is 38.8 Å². The smallest absolute Gasteiger partial charge is 0.161 e. The van der Waals surface area contributed by atoms with Crippen molar-refractivity contribution >= 4 is 16.6 Å². The summed E-state index contributed by atoms with van der Waals surface area (Å²) in [4.78, 5) is 2.31. The van der Waals surface area contributed by atoms with E-state index in [1.807, 2.05) is 12.1 Å². The topological polar surface area (TPSA) is 56.7 Å². The van der Waals surface area contributed by atoms with Crippen LogP contribution in [-0.4, -0.2) is 44.1 Å². The van der Waals surface area contributed by atoms with Crippen LogP contribution in [0.3, 0.4) is 0 Å². The van der Waals surface area contributed by atoms with Gasteiger partial charge in [-0.2, -0.15) is 5.10 Å². The zero-order valence-corrected chi connectivity index (χ0v) is 16.9. The van der Waals surface area contributed by atoms with Crippen LogP contribution in [0.1, 0.15) is 24.0 Å². The Labute approximate surface area is 170 Å². The first-order valence-corrected chi connectivity index (χ1v) is 10.1. The van der Waals surface area contributed by atoms with Gasteiger partial charge < -0.3 is 19.1 Å². The summed E-state index contributed by atoms with van der Waals surface area (Å²) in [5, 5.41) is 10.7. The van der Waals surface area contributed by atoms with Crippen molar-refractivity contribution in [3.63, 3.8) is 0 Å². The average Bonchev–Trinajstić information content (AvgIpc) is 2.78. The van der Waals surface area contributed by atoms with Gasteiger partial charge in [-0.1, -0.05) is 24.3 Å². The summed E-state index contributed by atoms with van der Waals surface area (Å²) in [5.41, 5.74) is 2.61. The lowest BCUT2D eigenvalue weighted by molar-refractivity contribution is -0.0766. The number of ether oxygens (including phenoxy) is 3. The lowest BCUT2D eigenvalue weighted by atomic mass is 9.79. The van der Waals surface area contributed by atoms with Crippen molar-refractivity contribution in [3.8, 4) is 11.5 Å². The highest BCUT2D eigenvalue weighted by Gasteiger charge is 2.41. The van der Waals surface area contributed by atoms with E-state index in [2.05, 4.69) is 39.4 Å². The molecule has 6 nitrogen and oxygen atoms in total. The summed E-state index contributed by atoms with van der Waals surface area (Å²) in [5.74, 6) is 2.29.